The number of aromatic nitrogens is 1. The lowest BCUT2D eigenvalue weighted by atomic mass is 10.2. The van der Waals surface area contributed by atoms with Gasteiger partial charge in [0.15, 0.2) is 0 Å². The molecule has 0 saturated heterocycles. The quantitative estimate of drug-likeness (QED) is 0.919. The van der Waals surface area contributed by atoms with Crippen LogP contribution in [0.25, 0.3) is 0 Å². The number of carbonyl (C=O) groups excluding carboxylic acids is 1. The molecular weight excluding hydrogens is 282 g/mol. The molecule has 0 aliphatic rings. The Balaban J connectivity index is 2.23. The molecule has 2 rings (SSSR count). The van der Waals surface area contributed by atoms with Gasteiger partial charge in [-0.1, -0.05) is 0 Å². The molecule has 1 N–H and O–H groups in total. The Bertz CT molecular complexity index is 671. The fourth-order valence-electron chi connectivity index (χ4n) is 1.90. The Hall–Kier alpha value is -2.76. The molecule has 1 amide bonds. The minimum absolute atomic E-state index is 0.228. The van der Waals surface area contributed by atoms with Gasteiger partial charge < -0.3 is 19.7 Å². The first-order chi connectivity index (χ1) is 10.5. The van der Waals surface area contributed by atoms with E-state index in [0.29, 0.717) is 28.6 Å². The van der Waals surface area contributed by atoms with Crippen molar-refractivity contribution >= 4 is 17.4 Å². The topological polar surface area (TPSA) is 63.7 Å². The molecule has 0 aliphatic heterocycles. The first-order valence-electron chi connectivity index (χ1n) is 6.72. The second-order valence-corrected chi connectivity index (χ2v) is 4.82. The van der Waals surface area contributed by atoms with Crippen LogP contribution in [-0.2, 0) is 0 Å². The highest BCUT2D eigenvalue weighted by Crippen LogP contribution is 2.29. The Labute approximate surface area is 129 Å². The second-order valence-electron chi connectivity index (χ2n) is 4.82. The highest BCUT2D eigenvalue weighted by Gasteiger charge is 2.12. The van der Waals surface area contributed by atoms with Crippen molar-refractivity contribution in [2.75, 3.05) is 38.5 Å². The van der Waals surface area contributed by atoms with Crippen molar-refractivity contribution in [3.63, 3.8) is 0 Å². The molecule has 0 bridgehead atoms. The predicted molar refractivity (Wildman–Crippen MR) is 86.1 cm³/mol. The molecule has 0 saturated carbocycles. The van der Waals surface area contributed by atoms with Crippen LogP contribution in [0, 0.1) is 0 Å². The predicted octanol–water partition coefficient (Wildman–Crippen LogP) is 2.42. The van der Waals surface area contributed by atoms with Crippen molar-refractivity contribution in [2.24, 2.45) is 0 Å². The van der Waals surface area contributed by atoms with E-state index in [4.69, 9.17) is 9.47 Å². The van der Waals surface area contributed by atoms with Crippen molar-refractivity contribution in [1.29, 1.82) is 0 Å². The van der Waals surface area contributed by atoms with Crippen molar-refractivity contribution in [2.45, 2.75) is 0 Å². The Kier molecular flexibility index (Phi) is 4.83. The maximum atomic E-state index is 12.4. The molecule has 0 unspecified atom stereocenters. The SMILES string of the molecule is COc1ccc(NC(=O)c2ccnc(N(C)C)c2)c(OC)c1. The van der Waals surface area contributed by atoms with E-state index in [-0.39, 0.29) is 5.91 Å². The third-order valence-corrected chi connectivity index (χ3v) is 3.12. The van der Waals surface area contributed by atoms with Gasteiger partial charge in [-0.2, -0.15) is 0 Å². The number of ether oxygens (including phenoxy) is 2. The number of methoxy groups -OCH3 is 2. The fourth-order valence-corrected chi connectivity index (χ4v) is 1.90. The van der Waals surface area contributed by atoms with E-state index in [1.54, 1.807) is 50.7 Å². The van der Waals surface area contributed by atoms with Gasteiger partial charge in [-0.3, -0.25) is 4.79 Å². The summed E-state index contributed by atoms with van der Waals surface area (Å²) in [4.78, 5) is 18.4. The monoisotopic (exact) mass is 301 g/mol. The summed E-state index contributed by atoms with van der Waals surface area (Å²) < 4.78 is 10.4. The van der Waals surface area contributed by atoms with Crippen LogP contribution in [0.4, 0.5) is 11.5 Å². The maximum absolute atomic E-state index is 12.4. The van der Waals surface area contributed by atoms with E-state index in [0.717, 1.165) is 0 Å². The zero-order valence-corrected chi connectivity index (χ0v) is 13.1. The van der Waals surface area contributed by atoms with E-state index in [1.807, 2.05) is 19.0 Å². The standard InChI is InChI=1S/C16H19N3O3/c1-19(2)15-9-11(7-8-17-15)16(20)18-13-6-5-12(21-3)10-14(13)22-4/h5-10H,1-4H3,(H,18,20). The maximum Gasteiger partial charge on any atom is 0.255 e. The number of pyridine rings is 1. The largest absolute Gasteiger partial charge is 0.497 e. The van der Waals surface area contributed by atoms with Crippen LogP contribution >= 0.6 is 0 Å². The zero-order chi connectivity index (χ0) is 16.1. The molecule has 6 nitrogen and oxygen atoms in total. The molecule has 6 heteroatoms. The van der Waals surface area contributed by atoms with Gasteiger partial charge in [-0.25, -0.2) is 4.98 Å². The van der Waals surface area contributed by atoms with Crippen molar-refractivity contribution in [3.05, 3.63) is 42.1 Å². The minimum atomic E-state index is -0.228. The summed E-state index contributed by atoms with van der Waals surface area (Å²) in [6.07, 6.45) is 1.61. The van der Waals surface area contributed by atoms with E-state index in [2.05, 4.69) is 10.3 Å². The van der Waals surface area contributed by atoms with Crippen molar-refractivity contribution < 1.29 is 14.3 Å². The minimum Gasteiger partial charge on any atom is -0.497 e. The summed E-state index contributed by atoms with van der Waals surface area (Å²) in [6, 6.07) is 8.61. The Morgan fingerprint density at radius 1 is 1.14 bits per heavy atom. The van der Waals surface area contributed by atoms with Gasteiger partial charge in [0, 0.05) is 31.9 Å². The molecule has 22 heavy (non-hydrogen) atoms. The molecule has 1 heterocycles. The van der Waals surface area contributed by atoms with Crippen LogP contribution in [0.15, 0.2) is 36.5 Å². The lowest BCUT2D eigenvalue weighted by Crippen LogP contribution is -2.15. The number of hydrogen-bond donors (Lipinski definition) is 1. The smallest absolute Gasteiger partial charge is 0.255 e. The molecule has 0 fully saturated rings. The highest BCUT2D eigenvalue weighted by atomic mass is 16.5. The summed E-state index contributed by atoms with van der Waals surface area (Å²) in [5.41, 5.74) is 1.10. The molecule has 116 valence electrons. The first kappa shape index (κ1) is 15.6. The molecule has 1 aromatic heterocycles. The van der Waals surface area contributed by atoms with Gasteiger partial charge in [0.05, 0.1) is 19.9 Å². The molecule has 1 aromatic carbocycles. The van der Waals surface area contributed by atoms with Gasteiger partial charge in [0.2, 0.25) is 0 Å². The number of hydrogen-bond acceptors (Lipinski definition) is 5. The van der Waals surface area contributed by atoms with Gasteiger partial charge >= 0.3 is 0 Å². The van der Waals surface area contributed by atoms with Gasteiger partial charge in [0.25, 0.3) is 5.91 Å². The number of nitrogens with zero attached hydrogens (tertiary/aromatic N) is 2. The molecule has 0 aliphatic carbocycles. The highest BCUT2D eigenvalue weighted by molar-refractivity contribution is 6.05. The van der Waals surface area contributed by atoms with E-state index >= 15 is 0 Å². The number of rotatable bonds is 5. The van der Waals surface area contributed by atoms with Crippen LogP contribution in [0.3, 0.4) is 0 Å². The summed E-state index contributed by atoms with van der Waals surface area (Å²) in [5, 5.41) is 2.83. The number of anilines is 2. The van der Waals surface area contributed by atoms with E-state index in [9.17, 15) is 4.79 Å². The molecule has 0 atom stereocenters. The van der Waals surface area contributed by atoms with Gasteiger partial charge in [-0.15, -0.1) is 0 Å². The summed E-state index contributed by atoms with van der Waals surface area (Å²) in [5.74, 6) is 1.69. The second kappa shape index (κ2) is 6.80. The third-order valence-electron chi connectivity index (χ3n) is 3.12. The Morgan fingerprint density at radius 3 is 2.55 bits per heavy atom. The van der Waals surface area contributed by atoms with Crippen LogP contribution in [-0.4, -0.2) is 39.2 Å². The molecule has 0 radical (unpaired) electrons. The normalized spacial score (nSPS) is 10.0. The van der Waals surface area contributed by atoms with Crippen molar-refractivity contribution in [3.8, 4) is 11.5 Å². The third kappa shape index (κ3) is 3.46. The molecule has 2 aromatic rings. The van der Waals surface area contributed by atoms with E-state index in [1.165, 1.54) is 0 Å². The van der Waals surface area contributed by atoms with Crippen LogP contribution in [0.1, 0.15) is 10.4 Å². The van der Waals surface area contributed by atoms with E-state index < -0.39 is 0 Å². The van der Waals surface area contributed by atoms with Crippen molar-refractivity contribution in [1.82, 2.24) is 4.98 Å². The van der Waals surface area contributed by atoms with Gasteiger partial charge in [0.1, 0.15) is 17.3 Å². The summed E-state index contributed by atoms with van der Waals surface area (Å²) in [7, 11) is 6.86. The number of benzene rings is 1. The van der Waals surface area contributed by atoms with Crippen LogP contribution < -0.4 is 19.7 Å². The van der Waals surface area contributed by atoms with Crippen LogP contribution in [0.2, 0.25) is 0 Å². The molecule has 0 spiro atoms. The average Bonchev–Trinajstić information content (AvgIpc) is 2.55. The molecular formula is C16H19N3O3. The van der Waals surface area contributed by atoms with Crippen LogP contribution in [0.5, 0.6) is 11.5 Å². The average molecular weight is 301 g/mol. The summed E-state index contributed by atoms with van der Waals surface area (Å²) >= 11 is 0. The first-order valence-corrected chi connectivity index (χ1v) is 6.72. The number of carbonyl (C=O) groups is 1. The zero-order valence-electron chi connectivity index (χ0n) is 13.1. The lowest BCUT2D eigenvalue weighted by Gasteiger charge is -2.13. The number of amides is 1. The lowest BCUT2D eigenvalue weighted by molar-refractivity contribution is 0.102. The Morgan fingerprint density at radius 2 is 1.91 bits per heavy atom. The van der Waals surface area contributed by atoms with Gasteiger partial charge in [-0.05, 0) is 24.3 Å². The fraction of sp³-hybridized carbons (Fsp3) is 0.250. The number of nitrogens with one attached hydrogen (secondary N) is 1. The summed E-state index contributed by atoms with van der Waals surface area (Å²) in [6.45, 7) is 0.